The first kappa shape index (κ1) is 10.8. The van der Waals surface area contributed by atoms with Gasteiger partial charge in [-0.1, -0.05) is 30.3 Å². The van der Waals surface area contributed by atoms with Crippen molar-refractivity contribution < 1.29 is 4.42 Å². The number of aromatic nitrogens is 1. The van der Waals surface area contributed by atoms with E-state index in [1.165, 1.54) is 5.56 Å². The van der Waals surface area contributed by atoms with Gasteiger partial charge in [0.2, 0.25) is 17.5 Å². The molecule has 5 heteroatoms. The molecule has 1 aliphatic rings. The number of benzene rings is 1. The van der Waals surface area contributed by atoms with E-state index >= 15 is 0 Å². The lowest BCUT2D eigenvalue weighted by Crippen LogP contribution is -2.06. The second kappa shape index (κ2) is 4.17. The molecule has 0 radical (unpaired) electrons. The average molecular weight is 240 g/mol. The third-order valence-electron chi connectivity index (χ3n) is 3.22. The van der Waals surface area contributed by atoms with E-state index in [-0.39, 0.29) is 17.5 Å². The number of anilines is 1. The van der Waals surface area contributed by atoms with Crippen molar-refractivity contribution in [1.29, 1.82) is 5.26 Å². The van der Waals surface area contributed by atoms with Crippen molar-refractivity contribution in [2.45, 2.75) is 18.3 Å². The van der Waals surface area contributed by atoms with Crippen molar-refractivity contribution in [2.75, 3.05) is 5.43 Å². The van der Waals surface area contributed by atoms with Gasteiger partial charge in [0.05, 0.1) is 0 Å². The third kappa shape index (κ3) is 1.73. The standard InChI is InChI=1S/C13H12N4O/c14-7-11-13(17-15)18-12(16-11)10-6-9(10)8-4-2-1-3-5-8/h1-5,9-10,17H,6,15H2. The number of nitrogen functional groups attached to an aromatic ring is 1. The monoisotopic (exact) mass is 240 g/mol. The number of nitrogens with zero attached hydrogens (tertiary/aromatic N) is 2. The highest BCUT2D eigenvalue weighted by Gasteiger charge is 2.43. The predicted octanol–water partition coefficient (Wildman–Crippen LogP) is 2.10. The summed E-state index contributed by atoms with van der Waals surface area (Å²) in [5, 5.41) is 8.88. The minimum Gasteiger partial charge on any atom is -0.422 e. The van der Waals surface area contributed by atoms with E-state index in [0.29, 0.717) is 11.8 Å². The molecule has 0 aliphatic heterocycles. The van der Waals surface area contributed by atoms with Crippen LogP contribution in [0.1, 0.15) is 35.4 Å². The van der Waals surface area contributed by atoms with Crippen LogP contribution >= 0.6 is 0 Å². The van der Waals surface area contributed by atoms with E-state index in [2.05, 4.69) is 22.5 Å². The molecule has 1 aromatic heterocycles. The zero-order chi connectivity index (χ0) is 12.5. The Morgan fingerprint density at radius 3 is 2.72 bits per heavy atom. The number of nitrogens with two attached hydrogens (primary N) is 1. The van der Waals surface area contributed by atoms with Crippen LogP contribution in [-0.2, 0) is 0 Å². The lowest BCUT2D eigenvalue weighted by molar-refractivity contribution is 0.506. The van der Waals surface area contributed by atoms with Crippen molar-refractivity contribution in [2.24, 2.45) is 5.84 Å². The van der Waals surface area contributed by atoms with Crippen LogP contribution in [0.5, 0.6) is 0 Å². The van der Waals surface area contributed by atoms with Crippen LogP contribution in [0.15, 0.2) is 34.7 Å². The third-order valence-corrected chi connectivity index (χ3v) is 3.22. The van der Waals surface area contributed by atoms with Gasteiger partial charge in [-0.25, -0.2) is 10.8 Å². The fraction of sp³-hybridized carbons (Fsp3) is 0.231. The molecule has 5 nitrogen and oxygen atoms in total. The summed E-state index contributed by atoms with van der Waals surface area (Å²) in [6.07, 6.45) is 0.999. The fourth-order valence-electron chi connectivity index (χ4n) is 2.21. The highest BCUT2D eigenvalue weighted by atomic mass is 16.4. The Hall–Kier alpha value is -2.32. The molecule has 3 rings (SSSR count). The highest BCUT2D eigenvalue weighted by Crippen LogP contribution is 2.54. The molecule has 1 fully saturated rings. The molecule has 0 bridgehead atoms. The number of oxazole rings is 1. The first-order valence-electron chi connectivity index (χ1n) is 5.76. The van der Waals surface area contributed by atoms with Gasteiger partial charge >= 0.3 is 0 Å². The van der Waals surface area contributed by atoms with E-state index in [4.69, 9.17) is 15.5 Å². The van der Waals surface area contributed by atoms with Gasteiger partial charge in [-0.2, -0.15) is 5.26 Å². The second-order valence-corrected chi connectivity index (χ2v) is 4.35. The SMILES string of the molecule is N#Cc1nc(C2CC2c2ccccc2)oc1NN. The minimum atomic E-state index is 0.214. The predicted molar refractivity (Wildman–Crippen MR) is 65.6 cm³/mol. The van der Waals surface area contributed by atoms with E-state index < -0.39 is 0 Å². The van der Waals surface area contributed by atoms with Gasteiger partial charge in [0, 0.05) is 5.92 Å². The molecule has 1 saturated carbocycles. The van der Waals surface area contributed by atoms with Crippen LogP contribution in [0, 0.1) is 11.3 Å². The Morgan fingerprint density at radius 1 is 1.33 bits per heavy atom. The number of hydrazine groups is 1. The van der Waals surface area contributed by atoms with E-state index in [1.807, 2.05) is 24.3 Å². The maximum atomic E-state index is 8.88. The van der Waals surface area contributed by atoms with Crippen LogP contribution in [0.25, 0.3) is 0 Å². The normalized spacial score (nSPS) is 21.3. The van der Waals surface area contributed by atoms with Gasteiger partial charge in [-0.15, -0.1) is 0 Å². The zero-order valence-electron chi connectivity index (χ0n) is 9.63. The molecule has 18 heavy (non-hydrogen) atoms. The molecule has 0 saturated heterocycles. The lowest BCUT2D eigenvalue weighted by Gasteiger charge is -1.97. The first-order chi connectivity index (χ1) is 8.83. The lowest BCUT2D eigenvalue weighted by atomic mass is 10.1. The number of nitrogens with one attached hydrogen (secondary N) is 1. The molecule has 90 valence electrons. The highest BCUT2D eigenvalue weighted by molar-refractivity contribution is 5.45. The fourth-order valence-corrected chi connectivity index (χ4v) is 2.21. The molecule has 2 atom stereocenters. The Kier molecular flexibility index (Phi) is 2.50. The molecular weight excluding hydrogens is 228 g/mol. The maximum absolute atomic E-state index is 8.88. The number of hydrogen-bond donors (Lipinski definition) is 2. The van der Waals surface area contributed by atoms with Crippen LogP contribution in [0.4, 0.5) is 5.88 Å². The van der Waals surface area contributed by atoms with Gasteiger partial charge in [0.25, 0.3) is 0 Å². The van der Waals surface area contributed by atoms with Crippen molar-refractivity contribution in [3.8, 4) is 6.07 Å². The Labute approximate surface area is 104 Å². The van der Waals surface area contributed by atoms with Gasteiger partial charge < -0.3 is 4.42 Å². The zero-order valence-corrected chi connectivity index (χ0v) is 9.63. The van der Waals surface area contributed by atoms with E-state index in [0.717, 1.165) is 6.42 Å². The van der Waals surface area contributed by atoms with Crippen molar-refractivity contribution >= 4 is 5.88 Å². The van der Waals surface area contributed by atoms with Crippen molar-refractivity contribution in [3.05, 3.63) is 47.5 Å². The molecule has 2 aromatic rings. The minimum absolute atomic E-state index is 0.214. The molecule has 1 aliphatic carbocycles. The van der Waals surface area contributed by atoms with E-state index in [1.54, 1.807) is 0 Å². The molecule has 0 spiro atoms. The summed E-state index contributed by atoms with van der Waals surface area (Å²) >= 11 is 0. The van der Waals surface area contributed by atoms with Gasteiger partial charge in [0.15, 0.2) is 0 Å². The molecule has 2 unspecified atom stereocenters. The second-order valence-electron chi connectivity index (χ2n) is 4.35. The van der Waals surface area contributed by atoms with Crippen molar-refractivity contribution in [1.82, 2.24) is 4.98 Å². The topological polar surface area (TPSA) is 87.9 Å². The summed E-state index contributed by atoms with van der Waals surface area (Å²) in [6, 6.07) is 12.2. The van der Waals surface area contributed by atoms with Crippen molar-refractivity contribution in [3.63, 3.8) is 0 Å². The molecule has 0 amide bonds. The number of hydrogen-bond acceptors (Lipinski definition) is 5. The number of rotatable bonds is 3. The maximum Gasteiger partial charge on any atom is 0.246 e. The van der Waals surface area contributed by atoms with Crippen LogP contribution in [0.2, 0.25) is 0 Å². The summed E-state index contributed by atoms with van der Waals surface area (Å²) in [6.45, 7) is 0. The molecule has 1 aromatic carbocycles. The summed E-state index contributed by atoms with van der Waals surface area (Å²) in [4.78, 5) is 4.17. The number of nitriles is 1. The molecule has 1 heterocycles. The first-order valence-corrected chi connectivity index (χ1v) is 5.76. The van der Waals surface area contributed by atoms with E-state index in [9.17, 15) is 0 Å². The Bertz CT molecular complexity index is 599. The Morgan fingerprint density at radius 2 is 2.11 bits per heavy atom. The Balaban J connectivity index is 1.83. The summed E-state index contributed by atoms with van der Waals surface area (Å²) in [5.74, 6) is 6.79. The molecular formula is C13H12N4O. The molecule has 3 N–H and O–H groups in total. The summed E-state index contributed by atoms with van der Waals surface area (Å²) in [7, 11) is 0. The average Bonchev–Trinajstić information content (AvgIpc) is 3.12. The van der Waals surface area contributed by atoms with Gasteiger partial charge in [0.1, 0.15) is 6.07 Å². The van der Waals surface area contributed by atoms with Gasteiger partial charge in [-0.05, 0) is 17.9 Å². The van der Waals surface area contributed by atoms with Gasteiger partial charge in [-0.3, -0.25) is 5.43 Å². The van der Waals surface area contributed by atoms with Crippen LogP contribution in [-0.4, -0.2) is 4.98 Å². The summed E-state index contributed by atoms with van der Waals surface area (Å²) in [5.41, 5.74) is 3.85. The smallest absolute Gasteiger partial charge is 0.246 e. The van der Waals surface area contributed by atoms with Crippen LogP contribution < -0.4 is 11.3 Å². The van der Waals surface area contributed by atoms with Crippen LogP contribution in [0.3, 0.4) is 0 Å². The summed E-state index contributed by atoms with van der Waals surface area (Å²) < 4.78 is 5.46. The largest absolute Gasteiger partial charge is 0.422 e. The quantitative estimate of drug-likeness (QED) is 0.633.